The summed E-state index contributed by atoms with van der Waals surface area (Å²) < 4.78 is 5.62. The van der Waals surface area contributed by atoms with Gasteiger partial charge < -0.3 is 9.64 Å². The van der Waals surface area contributed by atoms with Crippen LogP contribution in [0, 0.1) is 13.8 Å². The summed E-state index contributed by atoms with van der Waals surface area (Å²) in [7, 11) is 3.59. The Morgan fingerprint density at radius 3 is 2.53 bits per heavy atom. The Balaban J connectivity index is 1.69. The predicted molar refractivity (Wildman–Crippen MR) is 129 cm³/mol. The molecule has 0 N–H and O–H groups in total. The molecule has 0 fully saturated rings. The van der Waals surface area contributed by atoms with Crippen molar-refractivity contribution in [2.75, 3.05) is 25.6 Å². The molecule has 0 unspecified atom stereocenters. The van der Waals surface area contributed by atoms with Crippen LogP contribution < -0.4 is 9.64 Å². The number of ether oxygens (including phenoxy) is 1. The molecule has 1 aliphatic heterocycles. The SMILES string of the molecule is COc1ccccc1[C@H]1CC(c2cc(C)ccc2C)=NN1C(=O)CN(C)c1ccccc1. The van der Waals surface area contributed by atoms with Crippen molar-refractivity contribution in [2.45, 2.75) is 26.3 Å². The number of para-hydroxylation sites is 2. The molecule has 0 saturated carbocycles. The zero-order chi connectivity index (χ0) is 22.7. The molecule has 5 nitrogen and oxygen atoms in total. The van der Waals surface area contributed by atoms with E-state index < -0.39 is 0 Å². The number of hydrogen-bond acceptors (Lipinski definition) is 4. The summed E-state index contributed by atoms with van der Waals surface area (Å²) in [5, 5.41) is 6.51. The number of rotatable bonds is 6. The molecule has 164 valence electrons. The quantitative estimate of drug-likeness (QED) is 0.548. The van der Waals surface area contributed by atoms with Gasteiger partial charge in [0.15, 0.2) is 0 Å². The van der Waals surface area contributed by atoms with Gasteiger partial charge in [-0.1, -0.05) is 54.1 Å². The van der Waals surface area contributed by atoms with Gasteiger partial charge in [-0.05, 0) is 43.7 Å². The second kappa shape index (κ2) is 9.27. The van der Waals surface area contributed by atoms with Gasteiger partial charge in [0.1, 0.15) is 5.75 Å². The fourth-order valence-electron chi connectivity index (χ4n) is 4.18. The highest BCUT2D eigenvalue weighted by Gasteiger charge is 2.35. The molecular weight excluding hydrogens is 398 g/mol. The summed E-state index contributed by atoms with van der Waals surface area (Å²) in [4.78, 5) is 15.4. The Morgan fingerprint density at radius 1 is 1.06 bits per heavy atom. The number of nitrogens with zero attached hydrogens (tertiary/aromatic N) is 3. The van der Waals surface area contributed by atoms with Crippen molar-refractivity contribution in [3.63, 3.8) is 0 Å². The van der Waals surface area contributed by atoms with Crippen molar-refractivity contribution in [3.8, 4) is 5.75 Å². The first-order chi connectivity index (χ1) is 15.5. The van der Waals surface area contributed by atoms with E-state index in [-0.39, 0.29) is 18.5 Å². The third-order valence-electron chi connectivity index (χ3n) is 5.94. The molecule has 1 amide bonds. The lowest BCUT2D eigenvalue weighted by molar-refractivity contribution is -0.131. The van der Waals surface area contributed by atoms with Crippen LogP contribution in [0.4, 0.5) is 5.69 Å². The Labute approximate surface area is 189 Å². The van der Waals surface area contributed by atoms with E-state index in [1.807, 2.05) is 66.5 Å². The van der Waals surface area contributed by atoms with E-state index in [0.29, 0.717) is 6.42 Å². The number of methoxy groups -OCH3 is 1. The monoisotopic (exact) mass is 427 g/mol. The average Bonchev–Trinajstić information content (AvgIpc) is 3.26. The number of likely N-dealkylation sites (N-methyl/N-ethyl adjacent to an activating group) is 1. The molecule has 5 heteroatoms. The topological polar surface area (TPSA) is 45.1 Å². The summed E-state index contributed by atoms with van der Waals surface area (Å²) in [6.07, 6.45) is 0.644. The maximum Gasteiger partial charge on any atom is 0.262 e. The van der Waals surface area contributed by atoms with Gasteiger partial charge in [0.2, 0.25) is 0 Å². The summed E-state index contributed by atoms with van der Waals surface area (Å²) in [5.74, 6) is 0.719. The van der Waals surface area contributed by atoms with Gasteiger partial charge >= 0.3 is 0 Å². The highest BCUT2D eigenvalue weighted by atomic mass is 16.5. The number of benzene rings is 3. The van der Waals surface area contributed by atoms with Crippen LogP contribution >= 0.6 is 0 Å². The Bertz CT molecular complexity index is 1140. The van der Waals surface area contributed by atoms with Gasteiger partial charge in [-0.2, -0.15) is 5.10 Å². The minimum atomic E-state index is -0.210. The van der Waals surface area contributed by atoms with E-state index in [2.05, 4.69) is 32.0 Å². The molecule has 0 aromatic heterocycles. The molecule has 1 aliphatic rings. The van der Waals surface area contributed by atoms with Crippen molar-refractivity contribution in [2.24, 2.45) is 5.10 Å². The van der Waals surface area contributed by atoms with Crippen molar-refractivity contribution in [1.29, 1.82) is 0 Å². The molecule has 3 aromatic carbocycles. The maximum absolute atomic E-state index is 13.5. The third-order valence-corrected chi connectivity index (χ3v) is 5.94. The van der Waals surface area contributed by atoms with Gasteiger partial charge in [0.05, 0.1) is 25.4 Å². The zero-order valence-electron chi connectivity index (χ0n) is 19.1. The van der Waals surface area contributed by atoms with Crippen LogP contribution in [0.3, 0.4) is 0 Å². The van der Waals surface area contributed by atoms with Crippen LogP contribution in [0.5, 0.6) is 5.75 Å². The lowest BCUT2D eigenvalue weighted by Gasteiger charge is -2.26. The first-order valence-corrected chi connectivity index (χ1v) is 10.8. The molecule has 1 heterocycles. The van der Waals surface area contributed by atoms with E-state index in [0.717, 1.165) is 33.8 Å². The van der Waals surface area contributed by atoms with Gasteiger partial charge in [-0.3, -0.25) is 4.79 Å². The second-order valence-electron chi connectivity index (χ2n) is 8.26. The molecule has 1 atom stereocenters. The van der Waals surface area contributed by atoms with Gasteiger partial charge in [0, 0.05) is 30.3 Å². The molecule has 0 saturated heterocycles. The smallest absolute Gasteiger partial charge is 0.262 e. The minimum Gasteiger partial charge on any atom is -0.496 e. The largest absolute Gasteiger partial charge is 0.496 e. The fourth-order valence-corrected chi connectivity index (χ4v) is 4.18. The number of aryl methyl sites for hydroxylation is 2. The van der Waals surface area contributed by atoms with Gasteiger partial charge in [-0.15, -0.1) is 0 Å². The third kappa shape index (κ3) is 4.37. The fraction of sp³-hybridized carbons (Fsp3) is 0.259. The number of amides is 1. The van der Waals surface area contributed by atoms with Crippen LogP contribution in [-0.4, -0.2) is 37.3 Å². The maximum atomic E-state index is 13.5. The Kier molecular flexibility index (Phi) is 6.26. The van der Waals surface area contributed by atoms with E-state index in [1.54, 1.807) is 12.1 Å². The first kappa shape index (κ1) is 21.6. The van der Waals surface area contributed by atoms with Crippen LogP contribution in [0.15, 0.2) is 77.9 Å². The van der Waals surface area contributed by atoms with Crippen molar-refractivity contribution in [3.05, 3.63) is 95.1 Å². The predicted octanol–water partition coefficient (Wildman–Crippen LogP) is 5.13. The van der Waals surface area contributed by atoms with Crippen LogP contribution in [-0.2, 0) is 4.79 Å². The number of hydrazone groups is 1. The Hall–Kier alpha value is -3.60. The molecule has 0 radical (unpaired) electrons. The van der Waals surface area contributed by atoms with Gasteiger partial charge in [-0.25, -0.2) is 5.01 Å². The van der Waals surface area contributed by atoms with Crippen LogP contribution in [0.2, 0.25) is 0 Å². The molecule has 0 spiro atoms. The zero-order valence-corrected chi connectivity index (χ0v) is 19.1. The summed E-state index contributed by atoms with van der Waals surface area (Å²) in [6.45, 7) is 4.40. The van der Waals surface area contributed by atoms with E-state index in [4.69, 9.17) is 9.84 Å². The molecule has 0 aliphatic carbocycles. The Morgan fingerprint density at radius 2 is 1.78 bits per heavy atom. The summed E-state index contributed by atoms with van der Waals surface area (Å²) in [5.41, 5.74) is 6.32. The highest BCUT2D eigenvalue weighted by Crippen LogP contribution is 2.38. The van der Waals surface area contributed by atoms with E-state index in [9.17, 15) is 4.79 Å². The van der Waals surface area contributed by atoms with Crippen LogP contribution in [0.25, 0.3) is 0 Å². The number of anilines is 1. The molecular formula is C27H29N3O2. The first-order valence-electron chi connectivity index (χ1n) is 10.8. The minimum absolute atomic E-state index is 0.0486. The number of hydrogen-bond donors (Lipinski definition) is 0. The van der Waals surface area contributed by atoms with Crippen molar-refractivity contribution in [1.82, 2.24) is 5.01 Å². The highest BCUT2D eigenvalue weighted by molar-refractivity contribution is 6.04. The molecule has 0 bridgehead atoms. The average molecular weight is 428 g/mol. The normalized spacial score (nSPS) is 15.4. The van der Waals surface area contributed by atoms with E-state index >= 15 is 0 Å². The van der Waals surface area contributed by atoms with Crippen molar-refractivity contribution >= 4 is 17.3 Å². The molecule has 3 aromatic rings. The number of carbonyl (C=O) groups excluding carboxylic acids is 1. The lowest BCUT2D eigenvalue weighted by Crippen LogP contribution is -2.36. The van der Waals surface area contributed by atoms with E-state index in [1.165, 1.54) is 5.56 Å². The summed E-state index contributed by atoms with van der Waals surface area (Å²) >= 11 is 0. The van der Waals surface area contributed by atoms with Gasteiger partial charge in [0.25, 0.3) is 5.91 Å². The van der Waals surface area contributed by atoms with Crippen molar-refractivity contribution < 1.29 is 9.53 Å². The molecule has 32 heavy (non-hydrogen) atoms. The molecule has 4 rings (SSSR count). The standard InChI is InChI=1S/C27H29N3O2/c1-19-14-15-20(2)23(16-19)24-17-25(22-12-8-9-13-26(22)32-4)30(28-24)27(31)18-29(3)21-10-6-5-7-11-21/h5-16,25H,17-18H2,1-4H3/t25-/m1/s1. The lowest BCUT2D eigenvalue weighted by atomic mass is 9.94. The summed E-state index contributed by atoms with van der Waals surface area (Å²) in [6, 6.07) is 23.9. The number of carbonyl (C=O) groups is 1. The second-order valence-corrected chi connectivity index (χ2v) is 8.26. The van der Waals surface area contributed by atoms with Crippen LogP contribution in [0.1, 0.15) is 34.7 Å².